The topological polar surface area (TPSA) is 62.0 Å². The summed E-state index contributed by atoms with van der Waals surface area (Å²) in [6, 6.07) is 12.4. The van der Waals surface area contributed by atoms with Gasteiger partial charge in [0.25, 0.3) is 0 Å². The van der Waals surface area contributed by atoms with Gasteiger partial charge in [0.1, 0.15) is 17.7 Å². The van der Waals surface area contributed by atoms with Gasteiger partial charge >= 0.3 is 0 Å². The summed E-state index contributed by atoms with van der Waals surface area (Å²) in [5.41, 5.74) is 3.44. The third-order valence-electron chi connectivity index (χ3n) is 4.28. The number of nitriles is 1. The molecular weight excluding hydrogens is 288 g/mol. The number of ether oxygens (including phenoxy) is 1. The maximum absolute atomic E-state index is 9.53. The molecule has 0 spiro atoms. The lowest BCUT2D eigenvalue weighted by Crippen LogP contribution is -2.43. The van der Waals surface area contributed by atoms with Crippen LogP contribution in [-0.2, 0) is 4.74 Å². The van der Waals surface area contributed by atoms with Gasteiger partial charge in [-0.15, -0.1) is 5.10 Å². The van der Waals surface area contributed by atoms with Crippen LogP contribution in [-0.4, -0.2) is 29.4 Å². The zero-order chi connectivity index (χ0) is 16.4. The summed E-state index contributed by atoms with van der Waals surface area (Å²) in [6.45, 7) is 7.21. The molecule has 0 bridgehead atoms. The van der Waals surface area contributed by atoms with Crippen LogP contribution >= 0.6 is 0 Å². The Balaban J connectivity index is 1.94. The minimum Gasteiger partial charge on any atom is -0.367 e. The summed E-state index contributed by atoms with van der Waals surface area (Å²) in [5, 5.41) is 18.0. The van der Waals surface area contributed by atoms with E-state index in [9.17, 15) is 5.26 Å². The molecule has 1 saturated heterocycles. The molecule has 5 nitrogen and oxygen atoms in total. The quantitative estimate of drug-likeness (QED) is 0.853. The van der Waals surface area contributed by atoms with Crippen LogP contribution in [0.2, 0.25) is 0 Å². The largest absolute Gasteiger partial charge is 0.367 e. The molecule has 0 radical (unpaired) electrons. The van der Waals surface area contributed by atoms with E-state index in [-0.39, 0.29) is 12.2 Å². The van der Waals surface area contributed by atoms with Gasteiger partial charge in [0, 0.05) is 13.1 Å². The van der Waals surface area contributed by atoms with Gasteiger partial charge in [-0.25, -0.2) is 0 Å². The molecule has 118 valence electrons. The molecule has 5 heteroatoms. The van der Waals surface area contributed by atoms with Gasteiger partial charge in [-0.05, 0) is 31.9 Å². The predicted molar refractivity (Wildman–Crippen MR) is 88.2 cm³/mol. The average Bonchev–Trinajstić information content (AvgIpc) is 2.57. The molecule has 0 aliphatic carbocycles. The van der Waals surface area contributed by atoms with Crippen LogP contribution < -0.4 is 4.90 Å². The number of nitrogens with zero attached hydrogens (tertiary/aromatic N) is 4. The third-order valence-corrected chi connectivity index (χ3v) is 4.28. The summed E-state index contributed by atoms with van der Waals surface area (Å²) in [6.07, 6.45) is 0.0267. The number of hydrogen-bond donors (Lipinski definition) is 0. The van der Waals surface area contributed by atoms with E-state index in [1.54, 1.807) is 0 Å². The number of morpholine rings is 1. The van der Waals surface area contributed by atoms with Crippen molar-refractivity contribution in [3.05, 3.63) is 52.7 Å². The fraction of sp³-hybridized carbons (Fsp3) is 0.389. The van der Waals surface area contributed by atoms with E-state index in [0.29, 0.717) is 24.5 Å². The van der Waals surface area contributed by atoms with E-state index in [0.717, 1.165) is 16.8 Å². The van der Waals surface area contributed by atoms with Gasteiger partial charge in [-0.3, -0.25) is 0 Å². The summed E-state index contributed by atoms with van der Waals surface area (Å²) in [4.78, 5) is 2.11. The summed E-state index contributed by atoms with van der Waals surface area (Å²) >= 11 is 0. The first kappa shape index (κ1) is 15.4. The zero-order valence-electron chi connectivity index (χ0n) is 13.7. The summed E-state index contributed by atoms with van der Waals surface area (Å²) in [7, 11) is 0. The Kier molecular flexibility index (Phi) is 4.26. The lowest BCUT2D eigenvalue weighted by Gasteiger charge is -2.38. The van der Waals surface area contributed by atoms with E-state index in [1.165, 1.54) is 0 Å². The van der Waals surface area contributed by atoms with Crippen molar-refractivity contribution in [2.75, 3.05) is 18.0 Å². The van der Waals surface area contributed by atoms with Crippen molar-refractivity contribution in [2.45, 2.75) is 33.0 Å². The van der Waals surface area contributed by atoms with Crippen molar-refractivity contribution in [3.8, 4) is 6.07 Å². The van der Waals surface area contributed by atoms with Gasteiger partial charge in [-0.1, -0.05) is 30.3 Å². The lowest BCUT2D eigenvalue weighted by molar-refractivity contribution is -0.0176. The van der Waals surface area contributed by atoms with Crippen LogP contribution in [0.25, 0.3) is 0 Å². The Hall–Kier alpha value is -2.45. The van der Waals surface area contributed by atoms with Crippen molar-refractivity contribution in [3.63, 3.8) is 0 Å². The van der Waals surface area contributed by atoms with E-state index < -0.39 is 0 Å². The molecule has 1 aromatic carbocycles. The summed E-state index contributed by atoms with van der Waals surface area (Å²) < 4.78 is 6.08. The Morgan fingerprint density at radius 1 is 1.17 bits per heavy atom. The maximum atomic E-state index is 9.53. The lowest BCUT2D eigenvalue weighted by atomic mass is 10.1. The van der Waals surface area contributed by atoms with Crippen molar-refractivity contribution in [1.29, 1.82) is 5.26 Å². The van der Waals surface area contributed by atoms with Crippen LogP contribution in [0.3, 0.4) is 0 Å². The normalized spacial score (nSPS) is 21.0. The molecule has 1 fully saturated rings. The number of hydrogen-bond acceptors (Lipinski definition) is 5. The molecule has 1 aromatic heterocycles. The smallest absolute Gasteiger partial charge is 0.169 e. The SMILES string of the molecule is Cc1nnc(N2C[C@@H](C)O[C@H](c3ccccc3)C2)c(C#N)c1C. The Morgan fingerprint density at radius 3 is 2.61 bits per heavy atom. The first-order valence-electron chi connectivity index (χ1n) is 7.79. The van der Waals surface area contributed by atoms with Gasteiger partial charge in [0.2, 0.25) is 0 Å². The Labute approximate surface area is 136 Å². The van der Waals surface area contributed by atoms with E-state index >= 15 is 0 Å². The van der Waals surface area contributed by atoms with E-state index in [4.69, 9.17) is 4.74 Å². The van der Waals surface area contributed by atoms with Crippen LogP contribution in [0.15, 0.2) is 30.3 Å². The number of aryl methyl sites for hydroxylation is 1. The van der Waals surface area contributed by atoms with E-state index in [2.05, 4.69) is 33.3 Å². The van der Waals surface area contributed by atoms with Crippen molar-refractivity contribution in [1.82, 2.24) is 10.2 Å². The van der Waals surface area contributed by atoms with Crippen molar-refractivity contribution < 1.29 is 4.74 Å². The predicted octanol–water partition coefficient (Wildman–Crippen LogP) is 2.93. The summed E-state index contributed by atoms with van der Waals surface area (Å²) in [5.74, 6) is 0.659. The minimum absolute atomic E-state index is 0.0325. The number of benzene rings is 1. The van der Waals surface area contributed by atoms with Crippen LogP contribution in [0.5, 0.6) is 0 Å². The molecule has 23 heavy (non-hydrogen) atoms. The van der Waals surface area contributed by atoms with Gasteiger partial charge in [-0.2, -0.15) is 10.4 Å². The van der Waals surface area contributed by atoms with Gasteiger partial charge in [0.05, 0.1) is 11.8 Å². The second kappa shape index (κ2) is 6.35. The third kappa shape index (κ3) is 3.03. The van der Waals surface area contributed by atoms with Crippen LogP contribution in [0.4, 0.5) is 5.82 Å². The second-order valence-corrected chi connectivity index (χ2v) is 5.97. The second-order valence-electron chi connectivity index (χ2n) is 5.97. The monoisotopic (exact) mass is 308 g/mol. The number of rotatable bonds is 2. The van der Waals surface area contributed by atoms with Gasteiger partial charge in [0.15, 0.2) is 5.82 Å². The number of anilines is 1. The molecule has 0 amide bonds. The molecule has 2 atom stereocenters. The molecule has 2 heterocycles. The first-order valence-corrected chi connectivity index (χ1v) is 7.79. The average molecular weight is 308 g/mol. The molecule has 3 rings (SSSR count). The minimum atomic E-state index is -0.0325. The molecule has 0 N–H and O–H groups in total. The fourth-order valence-electron chi connectivity index (χ4n) is 2.93. The molecular formula is C18H20N4O. The molecule has 1 aliphatic rings. The van der Waals surface area contributed by atoms with Gasteiger partial charge < -0.3 is 9.64 Å². The Morgan fingerprint density at radius 2 is 1.91 bits per heavy atom. The highest BCUT2D eigenvalue weighted by atomic mass is 16.5. The van der Waals surface area contributed by atoms with Crippen LogP contribution in [0.1, 0.15) is 35.4 Å². The van der Waals surface area contributed by atoms with Crippen molar-refractivity contribution >= 4 is 5.82 Å². The molecule has 0 saturated carbocycles. The highest BCUT2D eigenvalue weighted by Crippen LogP contribution is 2.30. The van der Waals surface area contributed by atoms with Crippen LogP contribution in [0, 0.1) is 25.2 Å². The highest BCUT2D eigenvalue weighted by Gasteiger charge is 2.29. The maximum Gasteiger partial charge on any atom is 0.169 e. The zero-order valence-corrected chi connectivity index (χ0v) is 13.7. The fourth-order valence-corrected chi connectivity index (χ4v) is 2.93. The van der Waals surface area contributed by atoms with E-state index in [1.807, 2.05) is 39.0 Å². The number of aromatic nitrogens is 2. The molecule has 0 unspecified atom stereocenters. The van der Waals surface area contributed by atoms with Crippen molar-refractivity contribution in [2.24, 2.45) is 0 Å². The Bertz CT molecular complexity index is 739. The molecule has 2 aromatic rings. The molecule has 1 aliphatic heterocycles. The highest BCUT2D eigenvalue weighted by molar-refractivity contribution is 5.58. The first-order chi connectivity index (χ1) is 11.1. The standard InChI is InChI=1S/C18H20N4O/c1-12-10-22(11-17(23-12)15-7-5-4-6-8-15)18-16(9-19)13(2)14(3)20-21-18/h4-8,12,17H,10-11H2,1-3H3/t12-,17+/m1/s1.